The molecular formula is C40H44N2O18. The third-order valence-electron chi connectivity index (χ3n) is 11.4. The first kappa shape index (κ1) is 42.8. The van der Waals surface area contributed by atoms with Crippen LogP contribution in [0.25, 0.3) is 11.1 Å². The highest BCUT2D eigenvalue weighted by molar-refractivity contribution is 6.31. The van der Waals surface area contributed by atoms with E-state index in [4.69, 9.17) is 23.7 Å². The van der Waals surface area contributed by atoms with E-state index < -0.39 is 149 Å². The summed E-state index contributed by atoms with van der Waals surface area (Å²) in [5, 5.41) is 104. The number of ether oxygens (including phenoxy) is 5. The number of hydrogen-bond acceptors (Lipinski definition) is 18. The predicted octanol–water partition coefficient (Wildman–Crippen LogP) is -0.612. The van der Waals surface area contributed by atoms with Gasteiger partial charge in [0.1, 0.15) is 71.8 Å². The smallest absolute Gasteiger partial charge is 0.325 e. The van der Waals surface area contributed by atoms with Gasteiger partial charge in [0.25, 0.3) is 5.91 Å². The van der Waals surface area contributed by atoms with Crippen LogP contribution in [0.4, 0.5) is 0 Å². The van der Waals surface area contributed by atoms with Crippen LogP contribution < -0.4 is 15.4 Å². The third kappa shape index (κ3) is 6.83. The first-order valence-electron chi connectivity index (χ1n) is 18.8. The number of hydrogen-bond donors (Lipinski definition) is 11. The monoisotopic (exact) mass is 840 g/mol. The topological polar surface area (TPSA) is 321 Å². The average Bonchev–Trinajstić information content (AvgIpc) is 3.19. The molecule has 0 spiro atoms. The summed E-state index contributed by atoms with van der Waals surface area (Å²) in [6, 6.07) is 2.44. The summed E-state index contributed by atoms with van der Waals surface area (Å²) in [6.07, 6.45) is -15.5. The molecule has 2 saturated heterocycles. The number of methoxy groups -OCH3 is 1. The van der Waals surface area contributed by atoms with Crippen LogP contribution in [0.3, 0.4) is 0 Å². The predicted molar refractivity (Wildman–Crippen MR) is 201 cm³/mol. The van der Waals surface area contributed by atoms with Crippen LogP contribution in [0.2, 0.25) is 0 Å². The van der Waals surface area contributed by atoms with E-state index >= 15 is 0 Å². The average molecular weight is 841 g/mol. The Bertz CT molecular complexity index is 2280. The molecule has 0 bridgehead atoms. The molecule has 11 N–H and O–H groups in total. The number of amides is 1. The second-order valence-electron chi connectivity index (χ2n) is 15.1. The zero-order chi connectivity index (χ0) is 43.8. The molecule has 60 heavy (non-hydrogen) atoms. The summed E-state index contributed by atoms with van der Waals surface area (Å²) in [5.74, 6) is -6.63. The van der Waals surface area contributed by atoms with Gasteiger partial charge in [-0.15, -0.1) is 0 Å². The fourth-order valence-corrected chi connectivity index (χ4v) is 8.30. The minimum Gasteiger partial charge on any atom is -0.507 e. The first-order valence-corrected chi connectivity index (χ1v) is 18.8. The van der Waals surface area contributed by atoms with Gasteiger partial charge in [0.2, 0.25) is 0 Å². The number of phenolic OH excluding ortho intramolecular Hbond substituents is 3. The van der Waals surface area contributed by atoms with Gasteiger partial charge < -0.3 is 80.3 Å². The van der Waals surface area contributed by atoms with Crippen LogP contribution in [-0.4, -0.2) is 151 Å². The van der Waals surface area contributed by atoms with Crippen LogP contribution in [-0.2, 0) is 23.7 Å². The van der Waals surface area contributed by atoms with E-state index in [0.717, 1.165) is 12.1 Å². The first-order chi connectivity index (χ1) is 28.3. The number of ketones is 2. The molecule has 3 aromatic carbocycles. The summed E-state index contributed by atoms with van der Waals surface area (Å²) < 4.78 is 28.9. The number of aliphatic hydroxyl groups is 5. The number of carbonyl (C=O) groups is 4. The lowest BCUT2D eigenvalue weighted by Crippen LogP contribution is -2.65. The second-order valence-corrected chi connectivity index (χ2v) is 15.1. The minimum atomic E-state index is -1.89. The molecule has 3 aromatic rings. The highest BCUT2D eigenvalue weighted by Crippen LogP contribution is 2.57. The van der Waals surface area contributed by atoms with E-state index in [1.54, 1.807) is 6.92 Å². The van der Waals surface area contributed by atoms with E-state index in [1.807, 2.05) is 0 Å². The number of aliphatic hydroxyl groups excluding tert-OH is 5. The summed E-state index contributed by atoms with van der Waals surface area (Å²) in [7, 11) is 2.80. The number of likely N-dealkylation sites (N-methyl/N-ethyl adjacent to an activating group) is 1. The van der Waals surface area contributed by atoms with Crippen molar-refractivity contribution >= 4 is 23.4 Å². The van der Waals surface area contributed by atoms with Crippen molar-refractivity contribution in [1.82, 2.24) is 10.6 Å². The number of aryl methyl sites for hydroxylation is 1. The quantitative estimate of drug-likeness (QED) is 0.100. The minimum absolute atomic E-state index is 0.0161. The van der Waals surface area contributed by atoms with Gasteiger partial charge in [-0.05, 0) is 56.6 Å². The molecule has 0 radical (unpaired) electrons. The van der Waals surface area contributed by atoms with Gasteiger partial charge in [0.15, 0.2) is 24.1 Å². The van der Waals surface area contributed by atoms with Gasteiger partial charge in [-0.25, -0.2) is 0 Å². The lowest BCUT2D eigenvalue weighted by molar-refractivity contribution is -0.339. The Kier molecular flexibility index (Phi) is 11.4. The normalized spacial score (nSPS) is 30.1. The van der Waals surface area contributed by atoms with E-state index in [9.17, 15) is 65.1 Å². The Morgan fingerprint density at radius 1 is 0.833 bits per heavy atom. The van der Waals surface area contributed by atoms with Crippen molar-refractivity contribution in [1.29, 1.82) is 0 Å². The van der Waals surface area contributed by atoms with Gasteiger partial charge in [-0.2, -0.15) is 0 Å². The molecule has 2 heterocycles. The highest BCUT2D eigenvalue weighted by atomic mass is 16.7. The Balaban J connectivity index is 1.37. The number of aromatic hydroxyl groups is 3. The Labute approximate surface area is 340 Å². The van der Waals surface area contributed by atoms with Crippen molar-refractivity contribution < 1.29 is 88.8 Å². The zero-order valence-corrected chi connectivity index (χ0v) is 32.6. The molecule has 20 nitrogen and oxygen atoms in total. The van der Waals surface area contributed by atoms with Gasteiger partial charge >= 0.3 is 5.97 Å². The van der Waals surface area contributed by atoms with Gasteiger partial charge in [0, 0.05) is 28.3 Å². The lowest BCUT2D eigenvalue weighted by atomic mass is 9.74. The maximum absolute atomic E-state index is 14.1. The number of aliphatic carboxylic acids is 1. The molecule has 0 saturated carbocycles. The summed E-state index contributed by atoms with van der Waals surface area (Å²) in [6.45, 7) is 3.76. The summed E-state index contributed by atoms with van der Waals surface area (Å²) in [4.78, 5) is 53.3. The molecule has 12 atom stereocenters. The summed E-state index contributed by atoms with van der Waals surface area (Å²) >= 11 is 0. The number of benzene rings is 3. The molecule has 2 aliphatic carbocycles. The largest absolute Gasteiger partial charge is 0.507 e. The Morgan fingerprint density at radius 2 is 1.48 bits per heavy atom. The lowest BCUT2D eigenvalue weighted by Gasteiger charge is -2.47. The van der Waals surface area contributed by atoms with Crippen LogP contribution in [0, 0.1) is 6.92 Å². The van der Waals surface area contributed by atoms with Crippen LogP contribution in [0.1, 0.15) is 84.9 Å². The molecule has 322 valence electrons. The zero-order valence-electron chi connectivity index (χ0n) is 32.6. The molecule has 2 aliphatic heterocycles. The summed E-state index contributed by atoms with van der Waals surface area (Å²) in [5.41, 5.74) is -3.36. The maximum Gasteiger partial charge on any atom is 0.325 e. The molecule has 7 rings (SSSR count). The van der Waals surface area contributed by atoms with Gasteiger partial charge in [-0.1, -0.05) is 6.07 Å². The van der Waals surface area contributed by atoms with Crippen molar-refractivity contribution in [3.63, 3.8) is 0 Å². The fraction of sp³-hybridized carbons (Fsp3) is 0.450. The molecular weight excluding hydrogens is 796 g/mol. The number of fused-ring (bicyclic) bond motifs is 5. The Hall–Kier alpha value is -5.26. The molecule has 1 unspecified atom stereocenters. The van der Waals surface area contributed by atoms with Crippen LogP contribution >= 0.6 is 0 Å². The van der Waals surface area contributed by atoms with Crippen LogP contribution in [0.5, 0.6) is 23.0 Å². The molecule has 2 fully saturated rings. The number of carbonyl (C=O) groups excluding carboxylic acids is 3. The third-order valence-corrected chi connectivity index (χ3v) is 11.4. The van der Waals surface area contributed by atoms with Crippen LogP contribution in [0.15, 0.2) is 24.3 Å². The van der Waals surface area contributed by atoms with Crippen molar-refractivity contribution in [2.24, 2.45) is 0 Å². The van der Waals surface area contributed by atoms with E-state index in [2.05, 4.69) is 10.6 Å². The SMILES string of the molecule is CN[C@@H]1[C@H](O[C@@H]2OC[C@@H](O)[C@H](O)[C@H]2O)[C@@H](O)[C@H](O[C@H]2c3cc(C)c(C(=O)NC(C)C(=O)O)c(O)c3-c3c(cc4c(c3O)C(=O)c3cc(OC)cc(O)c3C4=O)[C@@H]2O)O[C@@H]1C. The fourth-order valence-electron chi connectivity index (χ4n) is 8.30. The van der Waals surface area contributed by atoms with Crippen molar-refractivity contribution in [2.75, 3.05) is 20.8 Å². The standard InChI is InChI=1S/C40H44N2O18/c1-11-6-18-24(31(49)21(11)37(53)42-12(2)38(54)55)23-16(9-17-25(32(23)50)28(46)15-7-14(56-5)8-19(43)22(15)27(17)45)29(47)35(18)59-40-34(52)36(26(41-4)13(3)58-40)60-39-33(51)30(48)20(44)10-57-39/h6-9,12-13,20,26,29-30,33-36,39-41,43-44,47-52H,10H2,1-5H3,(H,42,53)(H,54,55)/t12?,13-,20-,26+,29+,30+,33-,34-,35+,36+,39+,40+/m1/s1. The molecule has 0 aromatic heterocycles. The Morgan fingerprint density at radius 3 is 2.13 bits per heavy atom. The number of nitrogens with one attached hydrogen (secondary N) is 2. The van der Waals surface area contributed by atoms with Crippen molar-refractivity contribution in [2.45, 2.75) is 94.3 Å². The number of rotatable bonds is 9. The number of carboxylic acids is 1. The van der Waals surface area contributed by atoms with Crippen molar-refractivity contribution in [3.8, 4) is 34.1 Å². The number of carboxylic acid groups (broad SMARTS) is 1. The second kappa shape index (κ2) is 16.0. The molecule has 20 heteroatoms. The molecule has 4 aliphatic rings. The molecule has 1 amide bonds. The van der Waals surface area contributed by atoms with Gasteiger partial charge in [-0.3, -0.25) is 19.2 Å². The maximum atomic E-state index is 14.1. The highest BCUT2D eigenvalue weighted by Gasteiger charge is 2.51. The van der Waals surface area contributed by atoms with E-state index in [0.29, 0.717) is 0 Å². The van der Waals surface area contributed by atoms with Crippen molar-refractivity contribution in [3.05, 3.63) is 68.8 Å². The van der Waals surface area contributed by atoms with E-state index in [-0.39, 0.29) is 33.6 Å². The van der Waals surface area contributed by atoms with Gasteiger partial charge in [0.05, 0.1) is 42.6 Å². The van der Waals surface area contributed by atoms with E-state index in [1.165, 1.54) is 40.1 Å². The number of phenols is 3.